The second-order valence-corrected chi connectivity index (χ2v) is 16.3. The molecule has 1 rings (SSSR count). The number of rotatable bonds is 38. The minimum Gasteiger partial charge on any atom is -0.457 e. The Bertz CT molecular complexity index is 1330. The van der Waals surface area contributed by atoms with Crippen LogP contribution in [0.2, 0.25) is 0 Å². The van der Waals surface area contributed by atoms with Crippen molar-refractivity contribution in [2.24, 2.45) is 0 Å². The Morgan fingerprint density at radius 3 is 1.70 bits per heavy atom. The topological polar surface area (TPSA) is 178 Å². The molecule has 1 aliphatic rings. The summed E-state index contributed by atoms with van der Waals surface area (Å²) in [6, 6.07) is 0. The standard InChI is InChI=1S/C47H80O12S/c1-3-5-7-9-11-13-15-17-18-19-20-21-22-23-24-25-26-28-30-32-34-36-43(49)57-41(39-55-37-35-33-31-29-27-16-14-12-10-8-6-4-2)40-56-47-45(51)46(59-60(52,53)54)44(50)42(38-48)58-47/h5,7,10-13,17-18,20-21,23-24,41-42,44-48,50-51H,3-4,6,8-9,14-16,19,22,25-40H2,1-2H3,(H,52,53,54)/b7-5-,12-10-,13-11-,18-17-,21-20-,24-23-. The van der Waals surface area contributed by atoms with E-state index in [0.29, 0.717) is 13.0 Å². The highest BCUT2D eigenvalue weighted by atomic mass is 32.3. The van der Waals surface area contributed by atoms with Crippen molar-refractivity contribution in [3.63, 3.8) is 0 Å². The largest absolute Gasteiger partial charge is 0.457 e. The van der Waals surface area contributed by atoms with Crippen LogP contribution in [0.15, 0.2) is 72.9 Å². The van der Waals surface area contributed by atoms with Gasteiger partial charge >= 0.3 is 16.4 Å². The number of hydrogen-bond donors (Lipinski definition) is 4. The molecule has 0 amide bonds. The van der Waals surface area contributed by atoms with Gasteiger partial charge in [-0.1, -0.05) is 145 Å². The number of ether oxygens (including phenoxy) is 4. The number of esters is 1. The smallest absolute Gasteiger partial charge is 0.397 e. The van der Waals surface area contributed by atoms with Gasteiger partial charge in [0.2, 0.25) is 0 Å². The molecule has 0 aromatic rings. The van der Waals surface area contributed by atoms with Gasteiger partial charge in [-0.15, -0.1) is 0 Å². The van der Waals surface area contributed by atoms with Gasteiger partial charge in [-0.25, -0.2) is 4.18 Å². The molecule has 60 heavy (non-hydrogen) atoms. The van der Waals surface area contributed by atoms with E-state index < -0.39 is 59.8 Å². The molecule has 0 bridgehead atoms. The molecule has 1 saturated heterocycles. The lowest BCUT2D eigenvalue weighted by atomic mass is 9.99. The molecule has 13 heteroatoms. The van der Waals surface area contributed by atoms with Crippen LogP contribution in [0.25, 0.3) is 0 Å². The zero-order valence-electron chi connectivity index (χ0n) is 36.7. The zero-order chi connectivity index (χ0) is 43.9. The fourth-order valence-corrected chi connectivity index (χ4v) is 6.89. The van der Waals surface area contributed by atoms with Crippen LogP contribution < -0.4 is 0 Å². The zero-order valence-corrected chi connectivity index (χ0v) is 37.6. The van der Waals surface area contributed by atoms with E-state index in [9.17, 15) is 28.5 Å². The molecule has 0 saturated carbocycles. The van der Waals surface area contributed by atoms with Crippen LogP contribution in [0, 0.1) is 0 Å². The fraction of sp³-hybridized carbons (Fsp3) is 0.723. The minimum absolute atomic E-state index is 0.0196. The highest BCUT2D eigenvalue weighted by Crippen LogP contribution is 2.26. The Hall–Kier alpha value is -2.46. The van der Waals surface area contributed by atoms with E-state index in [2.05, 4.69) is 90.9 Å². The third-order valence-corrected chi connectivity index (χ3v) is 10.3. The van der Waals surface area contributed by atoms with Crippen LogP contribution in [0.4, 0.5) is 0 Å². The average Bonchev–Trinajstić information content (AvgIpc) is 3.22. The number of unbranched alkanes of at least 4 members (excludes halogenated alkanes) is 13. The molecule has 1 heterocycles. The molecule has 6 atom stereocenters. The summed E-state index contributed by atoms with van der Waals surface area (Å²) in [5, 5.41) is 30.6. The molecular weight excluding hydrogens is 789 g/mol. The van der Waals surface area contributed by atoms with Gasteiger partial charge in [0, 0.05) is 13.0 Å². The van der Waals surface area contributed by atoms with Gasteiger partial charge in [0.05, 0.1) is 19.8 Å². The van der Waals surface area contributed by atoms with Gasteiger partial charge < -0.3 is 34.3 Å². The first-order valence-corrected chi connectivity index (χ1v) is 24.1. The van der Waals surface area contributed by atoms with Crippen LogP contribution in [-0.2, 0) is 38.3 Å². The summed E-state index contributed by atoms with van der Waals surface area (Å²) in [6.45, 7) is 3.78. The lowest BCUT2D eigenvalue weighted by Gasteiger charge is -2.41. The Kier molecular flexibility index (Phi) is 35.4. The van der Waals surface area contributed by atoms with Crippen molar-refractivity contribution in [2.45, 2.75) is 192 Å². The van der Waals surface area contributed by atoms with Crippen molar-refractivity contribution >= 4 is 16.4 Å². The Morgan fingerprint density at radius 1 is 0.650 bits per heavy atom. The first-order valence-electron chi connectivity index (χ1n) is 22.7. The van der Waals surface area contributed by atoms with Gasteiger partial charge in [-0.2, -0.15) is 8.42 Å². The van der Waals surface area contributed by atoms with Gasteiger partial charge in [0.15, 0.2) is 6.29 Å². The van der Waals surface area contributed by atoms with E-state index in [0.717, 1.165) is 103 Å². The van der Waals surface area contributed by atoms with Crippen LogP contribution >= 0.6 is 0 Å². The Balaban J connectivity index is 2.43. The first-order chi connectivity index (χ1) is 29.1. The van der Waals surface area contributed by atoms with E-state index in [1.165, 1.54) is 25.7 Å². The number of carbonyl (C=O) groups is 1. The second kappa shape index (κ2) is 38.2. The van der Waals surface area contributed by atoms with Crippen molar-refractivity contribution in [2.75, 3.05) is 26.4 Å². The molecule has 4 N–H and O–H groups in total. The van der Waals surface area contributed by atoms with Crippen LogP contribution in [0.1, 0.15) is 155 Å². The second-order valence-electron chi connectivity index (χ2n) is 15.3. The lowest BCUT2D eigenvalue weighted by Crippen LogP contribution is -2.60. The summed E-state index contributed by atoms with van der Waals surface area (Å²) in [5.74, 6) is -0.424. The van der Waals surface area contributed by atoms with Crippen molar-refractivity contribution in [3.8, 4) is 0 Å². The molecule has 1 aliphatic heterocycles. The van der Waals surface area contributed by atoms with E-state index in [1.54, 1.807) is 0 Å². The van der Waals surface area contributed by atoms with Crippen LogP contribution in [-0.4, -0.2) is 97.5 Å². The SMILES string of the molecule is CC/C=C\C/C=C\C/C=C\C/C=C\C/C=C\CCCCCCCC(=O)OC(COCCCCCCCC/C=C\CCCC)COC1OC(CO)C(O)C(OS(=O)(=O)O)C1O. The van der Waals surface area contributed by atoms with E-state index in [1.807, 2.05) is 0 Å². The maximum Gasteiger partial charge on any atom is 0.397 e. The monoisotopic (exact) mass is 869 g/mol. The number of aliphatic hydroxyl groups excluding tert-OH is 3. The predicted molar refractivity (Wildman–Crippen MR) is 239 cm³/mol. The third kappa shape index (κ3) is 31.4. The van der Waals surface area contributed by atoms with Gasteiger partial charge in [0.1, 0.15) is 30.5 Å². The molecule has 1 fully saturated rings. The van der Waals surface area contributed by atoms with E-state index in [4.69, 9.17) is 23.5 Å². The summed E-state index contributed by atoms with van der Waals surface area (Å²) in [4.78, 5) is 12.8. The van der Waals surface area contributed by atoms with Crippen LogP contribution in [0.3, 0.4) is 0 Å². The van der Waals surface area contributed by atoms with Gasteiger partial charge in [-0.3, -0.25) is 9.35 Å². The summed E-state index contributed by atoms with van der Waals surface area (Å²) >= 11 is 0. The maximum atomic E-state index is 12.8. The average molecular weight is 869 g/mol. The summed E-state index contributed by atoms with van der Waals surface area (Å²) < 4.78 is 59.0. The molecule has 0 aliphatic carbocycles. The molecule has 0 spiro atoms. The number of carbonyl (C=O) groups excluding carboxylic acids is 1. The van der Waals surface area contributed by atoms with Gasteiger partial charge in [-0.05, 0) is 77.0 Å². The van der Waals surface area contributed by atoms with Crippen molar-refractivity contribution < 1.29 is 56.2 Å². The van der Waals surface area contributed by atoms with Gasteiger partial charge in [0.25, 0.3) is 0 Å². The first kappa shape index (κ1) is 55.6. The van der Waals surface area contributed by atoms with Crippen molar-refractivity contribution in [3.05, 3.63) is 72.9 Å². The summed E-state index contributed by atoms with van der Waals surface area (Å²) in [7, 11) is -5.07. The highest BCUT2D eigenvalue weighted by Gasteiger charge is 2.48. The maximum absolute atomic E-state index is 12.8. The summed E-state index contributed by atoms with van der Waals surface area (Å²) in [6.07, 6.45) is 39.3. The highest BCUT2D eigenvalue weighted by molar-refractivity contribution is 7.80. The van der Waals surface area contributed by atoms with E-state index >= 15 is 0 Å². The molecule has 346 valence electrons. The lowest BCUT2D eigenvalue weighted by molar-refractivity contribution is -0.301. The summed E-state index contributed by atoms with van der Waals surface area (Å²) in [5.41, 5.74) is 0. The number of aliphatic hydroxyl groups is 3. The molecular formula is C47H80O12S. The van der Waals surface area contributed by atoms with Crippen LogP contribution in [0.5, 0.6) is 0 Å². The molecule has 6 unspecified atom stereocenters. The Morgan fingerprint density at radius 2 is 1.15 bits per heavy atom. The molecule has 12 nitrogen and oxygen atoms in total. The fourth-order valence-electron chi connectivity index (χ4n) is 6.38. The number of hydrogen-bond acceptors (Lipinski definition) is 11. The third-order valence-electron chi connectivity index (χ3n) is 9.81. The van der Waals surface area contributed by atoms with Crippen molar-refractivity contribution in [1.29, 1.82) is 0 Å². The van der Waals surface area contributed by atoms with E-state index in [-0.39, 0.29) is 19.6 Å². The normalized spacial score (nSPS) is 20.9. The predicted octanol–water partition coefficient (Wildman–Crippen LogP) is 9.52. The molecule has 0 radical (unpaired) electrons. The number of allylic oxidation sites excluding steroid dienone is 12. The molecule has 0 aromatic carbocycles. The van der Waals surface area contributed by atoms with Crippen molar-refractivity contribution in [1.82, 2.24) is 0 Å². The Labute approximate surface area is 362 Å². The minimum atomic E-state index is -5.07. The quantitative estimate of drug-likeness (QED) is 0.0200. The molecule has 0 aromatic heterocycles.